The number of nitrogens with two attached hydrogens (primary N) is 1. The summed E-state index contributed by atoms with van der Waals surface area (Å²) in [4.78, 5) is 10.7. The molecule has 0 aliphatic rings. The third-order valence-corrected chi connectivity index (χ3v) is 2.77. The van der Waals surface area contributed by atoms with E-state index in [1.807, 2.05) is 32.9 Å². The molecule has 1 aromatic rings. The highest BCUT2D eigenvalue weighted by Crippen LogP contribution is 2.27. The van der Waals surface area contributed by atoms with Gasteiger partial charge in [-0.25, -0.2) is 0 Å². The molecule has 0 saturated carbocycles. The minimum atomic E-state index is -0.942. The van der Waals surface area contributed by atoms with E-state index < -0.39 is 12.0 Å². The van der Waals surface area contributed by atoms with E-state index in [4.69, 9.17) is 16.1 Å². The second kappa shape index (κ2) is 5.19. The molecule has 0 aliphatic carbocycles. The van der Waals surface area contributed by atoms with Gasteiger partial charge in [-0.2, -0.15) is 5.26 Å². The topological polar surface area (TPSA) is 87.1 Å². The van der Waals surface area contributed by atoms with Gasteiger partial charge in [-0.3, -0.25) is 4.79 Å². The molecule has 1 aromatic carbocycles. The summed E-state index contributed by atoms with van der Waals surface area (Å²) in [6, 6.07) is 6.85. The zero-order chi connectivity index (χ0) is 13.9. The van der Waals surface area contributed by atoms with Crippen LogP contribution in [0.1, 0.15) is 49.9 Å². The summed E-state index contributed by atoms with van der Waals surface area (Å²) < 4.78 is 0. The summed E-state index contributed by atoms with van der Waals surface area (Å²) in [7, 11) is 0. The summed E-state index contributed by atoms with van der Waals surface area (Å²) in [5.41, 5.74) is 7.93. The van der Waals surface area contributed by atoms with Crippen LogP contribution in [0.4, 0.5) is 0 Å². The van der Waals surface area contributed by atoms with Gasteiger partial charge >= 0.3 is 5.97 Å². The molecule has 18 heavy (non-hydrogen) atoms. The molecular weight excluding hydrogens is 228 g/mol. The summed E-state index contributed by atoms with van der Waals surface area (Å²) in [6.45, 7) is 6.11. The first-order valence-electron chi connectivity index (χ1n) is 5.77. The van der Waals surface area contributed by atoms with Crippen LogP contribution in [0.15, 0.2) is 18.2 Å². The van der Waals surface area contributed by atoms with Crippen molar-refractivity contribution >= 4 is 5.97 Å². The van der Waals surface area contributed by atoms with Crippen LogP contribution < -0.4 is 5.73 Å². The van der Waals surface area contributed by atoms with Crippen molar-refractivity contribution in [1.29, 1.82) is 5.26 Å². The summed E-state index contributed by atoms with van der Waals surface area (Å²) in [5.74, 6) is -0.942. The Morgan fingerprint density at radius 1 is 1.44 bits per heavy atom. The Hall–Kier alpha value is -1.86. The molecule has 0 spiro atoms. The van der Waals surface area contributed by atoms with Crippen LogP contribution in [0.3, 0.4) is 0 Å². The van der Waals surface area contributed by atoms with E-state index in [2.05, 4.69) is 6.07 Å². The molecule has 1 rings (SSSR count). The number of rotatable bonds is 3. The van der Waals surface area contributed by atoms with Crippen LogP contribution in [-0.2, 0) is 10.2 Å². The second-order valence-electron chi connectivity index (χ2n) is 5.41. The van der Waals surface area contributed by atoms with Crippen LogP contribution in [0.5, 0.6) is 0 Å². The van der Waals surface area contributed by atoms with Crippen molar-refractivity contribution in [3.05, 3.63) is 34.9 Å². The molecule has 0 radical (unpaired) electrons. The quantitative estimate of drug-likeness (QED) is 0.856. The van der Waals surface area contributed by atoms with Crippen LogP contribution in [0.2, 0.25) is 0 Å². The third kappa shape index (κ3) is 3.57. The molecule has 0 fully saturated rings. The number of nitrogens with zero attached hydrogens (tertiary/aromatic N) is 1. The number of carboxylic acids is 1. The van der Waals surface area contributed by atoms with Crippen LogP contribution in [-0.4, -0.2) is 11.1 Å². The Kier molecular flexibility index (Phi) is 4.10. The monoisotopic (exact) mass is 246 g/mol. The van der Waals surface area contributed by atoms with Crippen molar-refractivity contribution in [2.45, 2.75) is 38.6 Å². The molecule has 0 saturated heterocycles. The van der Waals surface area contributed by atoms with Gasteiger partial charge in [-0.05, 0) is 28.7 Å². The van der Waals surface area contributed by atoms with E-state index in [0.29, 0.717) is 11.1 Å². The SMILES string of the molecule is CC(C)(C)c1cc(C#N)cc([C@@H](N)CC(=O)O)c1. The van der Waals surface area contributed by atoms with Crippen molar-refractivity contribution in [3.63, 3.8) is 0 Å². The maximum absolute atomic E-state index is 10.7. The van der Waals surface area contributed by atoms with Crippen molar-refractivity contribution in [3.8, 4) is 6.07 Å². The van der Waals surface area contributed by atoms with Crippen molar-refractivity contribution < 1.29 is 9.90 Å². The van der Waals surface area contributed by atoms with Gasteiger partial charge in [0.2, 0.25) is 0 Å². The van der Waals surface area contributed by atoms with Gasteiger partial charge in [0.1, 0.15) is 0 Å². The van der Waals surface area contributed by atoms with E-state index in [1.165, 1.54) is 0 Å². The second-order valence-corrected chi connectivity index (χ2v) is 5.41. The standard InChI is InChI=1S/C14H18N2O2/c1-14(2,3)11-5-9(8-15)4-10(6-11)12(16)7-13(17)18/h4-6,12H,7,16H2,1-3H3,(H,17,18)/t12-/m0/s1. The van der Waals surface area contributed by atoms with Gasteiger partial charge in [0.25, 0.3) is 0 Å². The molecule has 0 aromatic heterocycles. The Morgan fingerprint density at radius 2 is 2.06 bits per heavy atom. The first kappa shape index (κ1) is 14.2. The number of hydrogen-bond acceptors (Lipinski definition) is 3. The van der Waals surface area contributed by atoms with E-state index in [1.54, 1.807) is 6.07 Å². The minimum absolute atomic E-state index is 0.107. The maximum atomic E-state index is 10.7. The fourth-order valence-corrected chi connectivity index (χ4v) is 1.67. The zero-order valence-electron chi connectivity index (χ0n) is 10.9. The molecule has 3 N–H and O–H groups in total. The summed E-state index contributed by atoms with van der Waals surface area (Å²) >= 11 is 0. The molecule has 4 heteroatoms. The fourth-order valence-electron chi connectivity index (χ4n) is 1.67. The normalized spacial score (nSPS) is 12.8. The zero-order valence-corrected chi connectivity index (χ0v) is 10.9. The highest BCUT2D eigenvalue weighted by Gasteiger charge is 2.18. The Morgan fingerprint density at radius 3 is 2.50 bits per heavy atom. The first-order chi connectivity index (χ1) is 8.24. The number of benzene rings is 1. The average Bonchev–Trinajstić information content (AvgIpc) is 2.26. The Bertz CT molecular complexity index is 495. The smallest absolute Gasteiger partial charge is 0.305 e. The molecule has 4 nitrogen and oxygen atoms in total. The molecule has 0 unspecified atom stereocenters. The molecule has 0 bridgehead atoms. The Balaban J connectivity index is 3.21. The van der Waals surface area contributed by atoms with E-state index in [9.17, 15) is 4.79 Å². The predicted molar refractivity (Wildman–Crippen MR) is 69.0 cm³/mol. The lowest BCUT2D eigenvalue weighted by molar-refractivity contribution is -0.137. The first-order valence-corrected chi connectivity index (χ1v) is 5.77. The van der Waals surface area contributed by atoms with E-state index in [0.717, 1.165) is 5.56 Å². The average molecular weight is 246 g/mol. The lowest BCUT2D eigenvalue weighted by atomic mass is 9.84. The Labute approximate surface area is 107 Å². The molecule has 0 amide bonds. The van der Waals surface area contributed by atoms with Crippen molar-refractivity contribution in [1.82, 2.24) is 0 Å². The van der Waals surface area contributed by atoms with E-state index in [-0.39, 0.29) is 11.8 Å². The van der Waals surface area contributed by atoms with Gasteiger partial charge in [0.05, 0.1) is 18.1 Å². The molecule has 1 atom stereocenters. The predicted octanol–water partition coefficient (Wildman–Crippen LogP) is 2.33. The van der Waals surface area contributed by atoms with Crippen LogP contribution in [0.25, 0.3) is 0 Å². The molecule has 96 valence electrons. The van der Waals surface area contributed by atoms with Gasteiger partial charge < -0.3 is 10.8 Å². The lowest BCUT2D eigenvalue weighted by Gasteiger charge is -2.21. The highest BCUT2D eigenvalue weighted by atomic mass is 16.4. The lowest BCUT2D eigenvalue weighted by Crippen LogP contribution is -2.17. The number of nitriles is 1. The van der Waals surface area contributed by atoms with Gasteiger partial charge in [-0.1, -0.05) is 26.8 Å². The minimum Gasteiger partial charge on any atom is -0.481 e. The van der Waals surface area contributed by atoms with Gasteiger partial charge in [0, 0.05) is 6.04 Å². The fraction of sp³-hybridized carbons (Fsp3) is 0.429. The number of carboxylic acid groups (broad SMARTS) is 1. The molecular formula is C14H18N2O2. The number of carbonyl (C=O) groups is 1. The largest absolute Gasteiger partial charge is 0.481 e. The number of hydrogen-bond donors (Lipinski definition) is 2. The van der Waals surface area contributed by atoms with Crippen LogP contribution in [0, 0.1) is 11.3 Å². The van der Waals surface area contributed by atoms with Crippen molar-refractivity contribution in [2.24, 2.45) is 5.73 Å². The van der Waals surface area contributed by atoms with Crippen molar-refractivity contribution in [2.75, 3.05) is 0 Å². The van der Waals surface area contributed by atoms with Gasteiger partial charge in [-0.15, -0.1) is 0 Å². The van der Waals surface area contributed by atoms with Crippen LogP contribution >= 0.6 is 0 Å². The highest BCUT2D eigenvalue weighted by molar-refractivity contribution is 5.68. The van der Waals surface area contributed by atoms with Gasteiger partial charge in [0.15, 0.2) is 0 Å². The molecule has 0 aliphatic heterocycles. The molecule has 0 heterocycles. The third-order valence-electron chi connectivity index (χ3n) is 2.77. The number of aliphatic carboxylic acids is 1. The van der Waals surface area contributed by atoms with E-state index >= 15 is 0 Å². The maximum Gasteiger partial charge on any atom is 0.305 e. The summed E-state index contributed by atoms with van der Waals surface area (Å²) in [5, 5.41) is 17.8. The summed E-state index contributed by atoms with van der Waals surface area (Å²) in [6.07, 6.45) is -0.140.